The van der Waals surface area contributed by atoms with E-state index in [1.54, 1.807) is 17.0 Å². The molecule has 2 aliphatic carbocycles. The molecule has 3 aliphatic rings. The van der Waals surface area contributed by atoms with Gasteiger partial charge in [-0.1, -0.05) is 12.1 Å². The highest BCUT2D eigenvalue weighted by atomic mass is 32.2. The van der Waals surface area contributed by atoms with Crippen LogP contribution in [0.1, 0.15) is 44.6 Å². The van der Waals surface area contributed by atoms with Crippen molar-refractivity contribution in [3.8, 4) is 0 Å². The maximum atomic E-state index is 13.2. The van der Waals surface area contributed by atoms with E-state index in [1.165, 1.54) is 19.2 Å². The fraction of sp³-hybridized carbons (Fsp3) is 0.600. The van der Waals surface area contributed by atoms with E-state index in [0.29, 0.717) is 12.8 Å². The summed E-state index contributed by atoms with van der Waals surface area (Å²) < 4.78 is 41.6. The van der Waals surface area contributed by atoms with Crippen molar-refractivity contribution >= 4 is 22.0 Å². The lowest BCUT2D eigenvalue weighted by molar-refractivity contribution is -0.139. The molecule has 3 fully saturated rings. The summed E-state index contributed by atoms with van der Waals surface area (Å²) in [6.45, 7) is 2.14. The minimum atomic E-state index is -3.53. The molecular formula is C20H26FN3O4S. The van der Waals surface area contributed by atoms with Gasteiger partial charge in [0, 0.05) is 25.2 Å². The van der Waals surface area contributed by atoms with Gasteiger partial charge in [0.25, 0.3) is 0 Å². The van der Waals surface area contributed by atoms with Gasteiger partial charge >= 0.3 is 6.03 Å². The van der Waals surface area contributed by atoms with Crippen molar-refractivity contribution in [2.75, 3.05) is 7.05 Å². The number of carbonyl (C=O) groups is 2. The Hall–Kier alpha value is -2.00. The number of fused-ring (bicyclic) bond motifs is 1. The van der Waals surface area contributed by atoms with Gasteiger partial charge in [-0.3, -0.25) is 9.69 Å². The summed E-state index contributed by atoms with van der Waals surface area (Å²) in [6.07, 6.45) is 2.70. The Balaban J connectivity index is 1.54. The zero-order valence-electron chi connectivity index (χ0n) is 16.6. The summed E-state index contributed by atoms with van der Waals surface area (Å²) in [5.74, 6) is -1.24. The van der Waals surface area contributed by atoms with Gasteiger partial charge in [0.15, 0.2) is 0 Å². The molecule has 0 radical (unpaired) electrons. The van der Waals surface area contributed by atoms with Gasteiger partial charge in [0.05, 0.1) is 11.2 Å². The van der Waals surface area contributed by atoms with Crippen molar-refractivity contribution < 1.29 is 22.4 Å². The molecule has 3 unspecified atom stereocenters. The van der Waals surface area contributed by atoms with E-state index < -0.39 is 27.2 Å². The van der Waals surface area contributed by atoms with Crippen LogP contribution in [-0.2, 0) is 21.4 Å². The van der Waals surface area contributed by atoms with Crippen LogP contribution in [0.5, 0.6) is 0 Å². The van der Waals surface area contributed by atoms with Crippen LogP contribution in [0.15, 0.2) is 24.3 Å². The molecule has 4 rings (SSSR count). The summed E-state index contributed by atoms with van der Waals surface area (Å²) in [6, 6.07) is 5.16. The number of urea groups is 1. The van der Waals surface area contributed by atoms with Gasteiger partial charge < -0.3 is 4.90 Å². The highest BCUT2D eigenvalue weighted by molar-refractivity contribution is 7.90. The number of halogens is 1. The summed E-state index contributed by atoms with van der Waals surface area (Å²) in [4.78, 5) is 28.3. The Kier molecular flexibility index (Phi) is 4.93. The molecule has 1 aromatic rings. The SMILES string of the molecule is CN1C(=O)C2CC(S(=O)(=O)NC3(C)CC3)CCC2N(Cc2ccc(F)cc2)C1=O. The molecule has 1 aromatic carbocycles. The quantitative estimate of drug-likeness (QED) is 0.787. The molecule has 0 spiro atoms. The molecule has 29 heavy (non-hydrogen) atoms. The van der Waals surface area contributed by atoms with Crippen LogP contribution in [-0.4, -0.2) is 54.0 Å². The second kappa shape index (κ2) is 7.05. The summed E-state index contributed by atoms with van der Waals surface area (Å²) in [5, 5.41) is -0.639. The third-order valence-electron chi connectivity index (χ3n) is 6.44. The van der Waals surface area contributed by atoms with Crippen LogP contribution >= 0.6 is 0 Å². The largest absolute Gasteiger partial charge is 0.327 e. The number of hydrogen-bond donors (Lipinski definition) is 1. The number of amides is 3. The molecule has 1 saturated heterocycles. The summed E-state index contributed by atoms with van der Waals surface area (Å²) >= 11 is 0. The molecule has 3 atom stereocenters. The Morgan fingerprint density at radius 3 is 2.45 bits per heavy atom. The van der Waals surface area contributed by atoms with Crippen molar-refractivity contribution in [3.05, 3.63) is 35.6 Å². The van der Waals surface area contributed by atoms with E-state index in [-0.39, 0.29) is 36.3 Å². The topological polar surface area (TPSA) is 86.8 Å². The molecule has 9 heteroatoms. The van der Waals surface area contributed by atoms with E-state index in [4.69, 9.17) is 0 Å². The lowest BCUT2D eigenvalue weighted by atomic mass is 9.80. The average molecular weight is 424 g/mol. The number of benzene rings is 1. The monoisotopic (exact) mass is 423 g/mol. The maximum Gasteiger partial charge on any atom is 0.327 e. The van der Waals surface area contributed by atoms with E-state index >= 15 is 0 Å². The van der Waals surface area contributed by atoms with Crippen molar-refractivity contribution in [1.82, 2.24) is 14.5 Å². The van der Waals surface area contributed by atoms with Crippen LogP contribution in [0.3, 0.4) is 0 Å². The molecule has 1 heterocycles. The number of rotatable bonds is 5. The van der Waals surface area contributed by atoms with Gasteiger partial charge in [-0.15, -0.1) is 0 Å². The first-order chi connectivity index (χ1) is 13.6. The van der Waals surface area contributed by atoms with E-state index in [1.807, 2.05) is 6.92 Å². The molecule has 158 valence electrons. The van der Waals surface area contributed by atoms with Crippen molar-refractivity contribution in [2.45, 2.75) is 62.4 Å². The zero-order chi connectivity index (χ0) is 21.0. The van der Waals surface area contributed by atoms with Gasteiger partial charge in [-0.2, -0.15) is 0 Å². The fourth-order valence-electron chi connectivity index (χ4n) is 4.40. The van der Waals surface area contributed by atoms with E-state index in [0.717, 1.165) is 23.3 Å². The molecule has 0 aromatic heterocycles. The molecule has 1 aliphatic heterocycles. The standard InChI is InChI=1S/C20H26FN3O4S/c1-20(9-10-20)22-29(27,28)15-7-8-17-16(11-15)18(25)23(2)19(26)24(17)12-13-3-5-14(21)6-4-13/h3-6,15-17,22H,7-12H2,1-2H3. The number of imide groups is 1. The molecule has 7 nitrogen and oxygen atoms in total. The lowest BCUT2D eigenvalue weighted by Gasteiger charge is -2.47. The summed E-state index contributed by atoms with van der Waals surface area (Å²) in [7, 11) is -2.10. The predicted molar refractivity (Wildman–Crippen MR) is 105 cm³/mol. The second-order valence-electron chi connectivity index (χ2n) is 8.75. The molecule has 3 amide bonds. The molecule has 1 N–H and O–H groups in total. The Morgan fingerprint density at radius 2 is 1.83 bits per heavy atom. The highest BCUT2D eigenvalue weighted by Crippen LogP contribution is 2.40. The van der Waals surface area contributed by atoms with Gasteiger partial charge in [-0.25, -0.2) is 22.3 Å². The van der Waals surface area contributed by atoms with Crippen molar-refractivity contribution in [3.63, 3.8) is 0 Å². The Bertz CT molecular complexity index is 930. The number of sulfonamides is 1. The Morgan fingerprint density at radius 1 is 1.17 bits per heavy atom. The molecular weight excluding hydrogens is 397 g/mol. The number of hydrogen-bond acceptors (Lipinski definition) is 4. The summed E-state index contributed by atoms with van der Waals surface area (Å²) in [5.41, 5.74) is 0.410. The van der Waals surface area contributed by atoms with Gasteiger partial charge in [0.2, 0.25) is 15.9 Å². The number of nitrogens with zero attached hydrogens (tertiary/aromatic N) is 2. The van der Waals surface area contributed by atoms with Gasteiger partial charge in [0.1, 0.15) is 5.82 Å². The third kappa shape index (κ3) is 3.90. The first kappa shape index (κ1) is 20.3. The third-order valence-corrected chi connectivity index (χ3v) is 8.52. The normalized spacial score (nSPS) is 29.0. The van der Waals surface area contributed by atoms with E-state index in [9.17, 15) is 22.4 Å². The van der Waals surface area contributed by atoms with Crippen LogP contribution in [0.25, 0.3) is 0 Å². The second-order valence-corrected chi connectivity index (χ2v) is 10.7. The average Bonchev–Trinajstić information content (AvgIpc) is 3.40. The van der Waals surface area contributed by atoms with Crippen molar-refractivity contribution in [2.24, 2.45) is 5.92 Å². The lowest BCUT2D eigenvalue weighted by Crippen LogP contribution is -2.62. The fourth-order valence-corrected chi connectivity index (χ4v) is 6.37. The highest BCUT2D eigenvalue weighted by Gasteiger charge is 2.51. The van der Waals surface area contributed by atoms with Crippen LogP contribution in [0.4, 0.5) is 9.18 Å². The minimum absolute atomic E-state index is 0.201. The first-order valence-corrected chi connectivity index (χ1v) is 11.5. The van der Waals surface area contributed by atoms with Gasteiger partial charge in [-0.05, 0) is 56.7 Å². The molecule has 0 bridgehead atoms. The molecule has 2 saturated carbocycles. The zero-order valence-corrected chi connectivity index (χ0v) is 17.4. The maximum absolute atomic E-state index is 13.2. The van der Waals surface area contributed by atoms with Crippen LogP contribution in [0, 0.1) is 11.7 Å². The minimum Gasteiger partial charge on any atom is -0.316 e. The predicted octanol–water partition coefficient (Wildman–Crippen LogP) is 2.23. The van der Waals surface area contributed by atoms with Crippen LogP contribution < -0.4 is 4.72 Å². The number of carbonyl (C=O) groups excluding carboxylic acids is 2. The van der Waals surface area contributed by atoms with Crippen molar-refractivity contribution in [1.29, 1.82) is 0 Å². The van der Waals surface area contributed by atoms with E-state index in [2.05, 4.69) is 4.72 Å². The smallest absolute Gasteiger partial charge is 0.316 e. The number of nitrogens with one attached hydrogen (secondary N) is 1. The Labute approximate surface area is 170 Å². The first-order valence-electron chi connectivity index (χ1n) is 9.95. The van der Waals surface area contributed by atoms with Crippen LogP contribution in [0.2, 0.25) is 0 Å².